The molecule has 10 heteroatoms. The maximum atomic E-state index is 14.1. The fourth-order valence-corrected chi connectivity index (χ4v) is 4.51. The normalized spacial score (nSPS) is 16.8. The smallest absolute Gasteiger partial charge is 0.263 e. The molecule has 0 bridgehead atoms. The number of fused-ring (bicyclic) bond motifs is 2. The molecule has 1 fully saturated rings. The van der Waals surface area contributed by atoms with Gasteiger partial charge in [-0.25, -0.2) is 13.8 Å². The standard InChI is InChI=1S/C24H25F2N5O3/c25-15-11-19(26)18-2-4-23(33)31(20(18)12-15)10-9-30-7-5-16(6-8-30)27-13-17-1-3-21-24(28-17)29-22(32)14-34-21/h1-4,11-12,16,27H,5-10,13-14H2,(H,28,29,32). The largest absolute Gasteiger partial charge is 0.480 e. The molecule has 8 nitrogen and oxygen atoms in total. The zero-order chi connectivity index (χ0) is 23.7. The highest BCUT2D eigenvalue weighted by molar-refractivity contribution is 5.94. The van der Waals surface area contributed by atoms with Crippen LogP contribution in [-0.4, -0.2) is 52.6 Å². The van der Waals surface area contributed by atoms with Crippen molar-refractivity contribution in [1.29, 1.82) is 0 Å². The molecule has 4 heterocycles. The van der Waals surface area contributed by atoms with E-state index < -0.39 is 11.6 Å². The Morgan fingerprint density at radius 1 is 1.09 bits per heavy atom. The van der Waals surface area contributed by atoms with Crippen molar-refractivity contribution in [3.05, 3.63) is 64.1 Å². The van der Waals surface area contributed by atoms with Crippen LogP contribution in [0.25, 0.3) is 10.9 Å². The van der Waals surface area contributed by atoms with E-state index in [2.05, 4.69) is 20.5 Å². The van der Waals surface area contributed by atoms with Crippen LogP contribution in [0.15, 0.2) is 41.2 Å². The number of nitrogens with zero attached hydrogens (tertiary/aromatic N) is 3. The quantitative estimate of drug-likeness (QED) is 0.576. The van der Waals surface area contributed by atoms with E-state index >= 15 is 0 Å². The molecule has 1 amide bonds. The Morgan fingerprint density at radius 3 is 2.74 bits per heavy atom. The summed E-state index contributed by atoms with van der Waals surface area (Å²) in [4.78, 5) is 30.6. The number of carbonyl (C=O) groups excluding carboxylic acids is 1. The number of likely N-dealkylation sites (tertiary alicyclic amines) is 1. The van der Waals surface area contributed by atoms with Crippen molar-refractivity contribution >= 4 is 22.6 Å². The molecule has 0 spiro atoms. The van der Waals surface area contributed by atoms with Crippen LogP contribution in [0.1, 0.15) is 18.5 Å². The van der Waals surface area contributed by atoms with Gasteiger partial charge in [-0.2, -0.15) is 0 Å². The van der Waals surface area contributed by atoms with Gasteiger partial charge >= 0.3 is 0 Å². The van der Waals surface area contributed by atoms with Crippen molar-refractivity contribution in [3.8, 4) is 5.75 Å². The fourth-order valence-electron chi connectivity index (χ4n) is 4.51. The highest BCUT2D eigenvalue weighted by Gasteiger charge is 2.21. The SMILES string of the molecule is O=C1COc2ccc(CNC3CCN(CCn4c(=O)ccc5c(F)cc(F)cc54)CC3)nc2N1. The number of ether oxygens (including phenoxy) is 1. The molecule has 178 valence electrons. The van der Waals surface area contributed by atoms with Gasteiger partial charge in [-0.3, -0.25) is 9.59 Å². The Kier molecular flexibility index (Phi) is 6.25. The minimum atomic E-state index is -0.695. The second-order valence-electron chi connectivity index (χ2n) is 8.63. The summed E-state index contributed by atoms with van der Waals surface area (Å²) in [6, 6.07) is 8.79. The summed E-state index contributed by atoms with van der Waals surface area (Å²) in [5, 5.41) is 6.47. The van der Waals surface area contributed by atoms with Gasteiger partial charge in [-0.1, -0.05) is 0 Å². The highest BCUT2D eigenvalue weighted by atomic mass is 19.1. The Labute approximate surface area is 194 Å². The molecule has 2 aliphatic rings. The molecule has 0 atom stereocenters. The van der Waals surface area contributed by atoms with Crippen LogP contribution in [0, 0.1) is 11.6 Å². The number of piperidine rings is 1. The van der Waals surface area contributed by atoms with E-state index in [1.54, 1.807) is 0 Å². The number of rotatable bonds is 6. The summed E-state index contributed by atoms with van der Waals surface area (Å²) in [6.07, 6.45) is 1.86. The van der Waals surface area contributed by atoms with Gasteiger partial charge in [0.15, 0.2) is 18.2 Å². The van der Waals surface area contributed by atoms with Gasteiger partial charge in [-0.05, 0) is 50.2 Å². The van der Waals surface area contributed by atoms with Crippen molar-refractivity contribution in [2.45, 2.75) is 32.0 Å². The topological polar surface area (TPSA) is 88.5 Å². The van der Waals surface area contributed by atoms with Gasteiger partial charge in [-0.15, -0.1) is 0 Å². The van der Waals surface area contributed by atoms with Crippen LogP contribution in [-0.2, 0) is 17.9 Å². The van der Waals surface area contributed by atoms with E-state index in [0.717, 1.165) is 37.7 Å². The predicted molar refractivity (Wildman–Crippen MR) is 123 cm³/mol. The summed E-state index contributed by atoms with van der Waals surface area (Å²) in [7, 11) is 0. The number of benzene rings is 1. The first-order valence-corrected chi connectivity index (χ1v) is 11.3. The molecule has 34 heavy (non-hydrogen) atoms. The van der Waals surface area contributed by atoms with Crippen molar-refractivity contribution in [1.82, 2.24) is 19.8 Å². The third kappa shape index (κ3) is 4.78. The summed E-state index contributed by atoms with van der Waals surface area (Å²) >= 11 is 0. The molecule has 2 aromatic heterocycles. The van der Waals surface area contributed by atoms with E-state index in [0.29, 0.717) is 37.2 Å². The molecule has 0 unspecified atom stereocenters. The maximum Gasteiger partial charge on any atom is 0.263 e. The molecular weight excluding hydrogens is 444 g/mol. The first kappa shape index (κ1) is 22.4. The third-order valence-electron chi connectivity index (χ3n) is 6.35. The summed E-state index contributed by atoms with van der Waals surface area (Å²) in [6.45, 7) is 3.27. The third-order valence-corrected chi connectivity index (χ3v) is 6.35. The number of pyridine rings is 2. The molecule has 1 saturated heterocycles. The van der Waals surface area contributed by atoms with Gasteiger partial charge in [0, 0.05) is 43.2 Å². The van der Waals surface area contributed by atoms with E-state index in [-0.39, 0.29) is 29.0 Å². The molecule has 2 aliphatic heterocycles. The lowest BCUT2D eigenvalue weighted by Crippen LogP contribution is -2.43. The van der Waals surface area contributed by atoms with Crippen LogP contribution in [0.2, 0.25) is 0 Å². The lowest BCUT2D eigenvalue weighted by atomic mass is 10.0. The molecule has 0 saturated carbocycles. The summed E-state index contributed by atoms with van der Waals surface area (Å²) in [5.74, 6) is -0.543. The average molecular weight is 469 g/mol. The Morgan fingerprint density at radius 2 is 1.91 bits per heavy atom. The van der Waals surface area contributed by atoms with Gasteiger partial charge < -0.3 is 24.8 Å². The first-order valence-electron chi connectivity index (χ1n) is 11.3. The number of aromatic nitrogens is 2. The Balaban J connectivity index is 1.14. The zero-order valence-corrected chi connectivity index (χ0v) is 18.5. The van der Waals surface area contributed by atoms with Crippen LogP contribution >= 0.6 is 0 Å². The minimum absolute atomic E-state index is 0.00770. The van der Waals surface area contributed by atoms with Gasteiger partial charge in [0.05, 0.1) is 11.2 Å². The molecule has 1 aromatic carbocycles. The van der Waals surface area contributed by atoms with Crippen LogP contribution in [0.5, 0.6) is 5.75 Å². The lowest BCUT2D eigenvalue weighted by molar-refractivity contribution is -0.118. The molecular formula is C24H25F2N5O3. The molecule has 3 aromatic rings. The Bertz CT molecular complexity index is 1290. The molecule has 0 radical (unpaired) electrons. The average Bonchev–Trinajstić information content (AvgIpc) is 2.82. The number of carbonyl (C=O) groups is 1. The summed E-state index contributed by atoms with van der Waals surface area (Å²) < 4.78 is 34.6. The van der Waals surface area contributed by atoms with E-state index in [1.807, 2.05) is 12.1 Å². The number of amides is 1. The number of halogens is 2. The summed E-state index contributed by atoms with van der Waals surface area (Å²) in [5.41, 5.74) is 0.829. The predicted octanol–water partition coefficient (Wildman–Crippen LogP) is 2.26. The lowest BCUT2D eigenvalue weighted by Gasteiger charge is -2.32. The van der Waals surface area contributed by atoms with E-state index in [9.17, 15) is 18.4 Å². The van der Waals surface area contributed by atoms with E-state index in [4.69, 9.17) is 4.74 Å². The number of nitrogens with one attached hydrogen (secondary N) is 2. The van der Waals surface area contributed by atoms with Gasteiger partial charge in [0.2, 0.25) is 0 Å². The van der Waals surface area contributed by atoms with Gasteiger partial charge in [0.25, 0.3) is 11.5 Å². The zero-order valence-electron chi connectivity index (χ0n) is 18.5. The van der Waals surface area contributed by atoms with Crippen molar-refractivity contribution < 1.29 is 18.3 Å². The molecule has 0 aliphatic carbocycles. The number of hydrogen-bond donors (Lipinski definition) is 2. The van der Waals surface area contributed by atoms with Gasteiger partial charge in [0.1, 0.15) is 11.6 Å². The molecule has 2 N–H and O–H groups in total. The van der Waals surface area contributed by atoms with E-state index in [1.165, 1.54) is 22.8 Å². The molecule has 5 rings (SSSR count). The first-order chi connectivity index (χ1) is 16.5. The second kappa shape index (κ2) is 9.47. The number of anilines is 1. The van der Waals surface area contributed by atoms with Crippen molar-refractivity contribution in [2.24, 2.45) is 0 Å². The Hall–Kier alpha value is -3.37. The van der Waals surface area contributed by atoms with Crippen molar-refractivity contribution in [2.75, 3.05) is 31.6 Å². The monoisotopic (exact) mass is 469 g/mol. The maximum absolute atomic E-state index is 14.1. The fraction of sp³-hybridized carbons (Fsp3) is 0.375. The van der Waals surface area contributed by atoms with Crippen LogP contribution < -0.4 is 20.9 Å². The second-order valence-corrected chi connectivity index (χ2v) is 8.63. The van der Waals surface area contributed by atoms with Crippen LogP contribution in [0.3, 0.4) is 0 Å². The van der Waals surface area contributed by atoms with Crippen LogP contribution in [0.4, 0.5) is 14.6 Å². The highest BCUT2D eigenvalue weighted by Crippen LogP contribution is 2.25. The van der Waals surface area contributed by atoms with Crippen molar-refractivity contribution in [3.63, 3.8) is 0 Å². The minimum Gasteiger partial charge on any atom is -0.480 e. The number of hydrogen-bond acceptors (Lipinski definition) is 6.